The molecule has 1 aromatic heterocycles. The maximum Gasteiger partial charge on any atom is 0.259 e. The lowest BCUT2D eigenvalue weighted by atomic mass is 9.88. The monoisotopic (exact) mass is 274 g/mol. The Bertz CT molecular complexity index is 901. The standard InChI is InChI=1S/C18H14N2O/c19-9-13-15-8-10-3-1-2-4-14(10)20(15)18(21)17-12-6-5-11(7-12)16(13)17/h1-4,11-12H,5-8H2. The highest BCUT2D eigenvalue weighted by atomic mass is 16.1. The van der Waals surface area contributed by atoms with Gasteiger partial charge in [0, 0.05) is 17.7 Å². The maximum atomic E-state index is 13.0. The topological polar surface area (TPSA) is 45.8 Å². The molecule has 0 radical (unpaired) electrons. The van der Waals surface area contributed by atoms with Gasteiger partial charge in [-0.25, -0.2) is 0 Å². The average molecular weight is 274 g/mol. The number of pyridine rings is 1. The molecule has 102 valence electrons. The van der Waals surface area contributed by atoms with Crippen LogP contribution in [0.2, 0.25) is 0 Å². The summed E-state index contributed by atoms with van der Waals surface area (Å²) in [4.78, 5) is 13.0. The largest absolute Gasteiger partial charge is 0.279 e. The molecule has 1 saturated carbocycles. The lowest BCUT2D eigenvalue weighted by molar-refractivity contribution is 0.695. The number of fused-ring (bicyclic) bond motifs is 8. The first-order valence-electron chi connectivity index (χ1n) is 7.59. The number of nitriles is 1. The summed E-state index contributed by atoms with van der Waals surface area (Å²) < 4.78 is 1.81. The summed E-state index contributed by atoms with van der Waals surface area (Å²) >= 11 is 0. The van der Waals surface area contributed by atoms with Gasteiger partial charge in [0.2, 0.25) is 0 Å². The van der Waals surface area contributed by atoms with Gasteiger partial charge in [0.15, 0.2) is 0 Å². The molecule has 1 aromatic carbocycles. The van der Waals surface area contributed by atoms with Gasteiger partial charge in [-0.2, -0.15) is 5.26 Å². The number of hydrogen-bond donors (Lipinski definition) is 0. The van der Waals surface area contributed by atoms with Crippen molar-refractivity contribution in [3.63, 3.8) is 0 Å². The number of aromatic nitrogens is 1. The zero-order valence-electron chi connectivity index (χ0n) is 11.6. The van der Waals surface area contributed by atoms with Crippen LogP contribution in [-0.4, -0.2) is 4.57 Å². The highest BCUT2D eigenvalue weighted by Gasteiger charge is 2.43. The van der Waals surface area contributed by atoms with E-state index < -0.39 is 0 Å². The molecule has 2 atom stereocenters. The zero-order valence-corrected chi connectivity index (χ0v) is 11.6. The fourth-order valence-corrected chi connectivity index (χ4v) is 4.69. The summed E-state index contributed by atoms with van der Waals surface area (Å²) in [5.74, 6) is 0.831. The van der Waals surface area contributed by atoms with E-state index in [0.29, 0.717) is 18.3 Å². The summed E-state index contributed by atoms with van der Waals surface area (Å²) in [6.45, 7) is 0. The highest BCUT2D eigenvalue weighted by molar-refractivity contribution is 5.60. The molecule has 0 amide bonds. The van der Waals surface area contributed by atoms with Gasteiger partial charge in [0.05, 0.1) is 11.3 Å². The van der Waals surface area contributed by atoms with Crippen LogP contribution in [0.25, 0.3) is 5.69 Å². The highest BCUT2D eigenvalue weighted by Crippen LogP contribution is 2.53. The summed E-state index contributed by atoms with van der Waals surface area (Å²) in [7, 11) is 0. The third-order valence-corrected chi connectivity index (χ3v) is 5.50. The first-order chi connectivity index (χ1) is 10.3. The maximum absolute atomic E-state index is 13.0. The van der Waals surface area contributed by atoms with Crippen LogP contribution in [0.1, 0.15) is 59.0 Å². The van der Waals surface area contributed by atoms with Crippen LogP contribution in [0.5, 0.6) is 0 Å². The van der Waals surface area contributed by atoms with Crippen molar-refractivity contribution in [3.8, 4) is 11.8 Å². The molecule has 5 rings (SSSR count). The van der Waals surface area contributed by atoms with E-state index in [2.05, 4.69) is 12.1 Å². The quantitative estimate of drug-likeness (QED) is 0.632. The van der Waals surface area contributed by atoms with Crippen LogP contribution >= 0.6 is 0 Å². The second-order valence-corrected chi connectivity index (χ2v) is 6.41. The number of nitrogens with zero attached hydrogens (tertiary/aromatic N) is 2. The summed E-state index contributed by atoms with van der Waals surface area (Å²) in [5.41, 5.74) is 6.00. The fraction of sp³-hybridized carbons (Fsp3) is 0.333. The molecular weight excluding hydrogens is 260 g/mol. The van der Waals surface area contributed by atoms with Crippen molar-refractivity contribution in [2.24, 2.45) is 0 Å². The van der Waals surface area contributed by atoms with Gasteiger partial charge in [0.25, 0.3) is 5.56 Å². The molecule has 0 N–H and O–H groups in total. The van der Waals surface area contributed by atoms with Gasteiger partial charge >= 0.3 is 0 Å². The minimum absolute atomic E-state index is 0.135. The van der Waals surface area contributed by atoms with Gasteiger partial charge in [-0.15, -0.1) is 0 Å². The minimum Gasteiger partial charge on any atom is -0.279 e. The molecule has 2 heterocycles. The Morgan fingerprint density at radius 2 is 1.90 bits per heavy atom. The molecule has 3 nitrogen and oxygen atoms in total. The molecule has 2 unspecified atom stereocenters. The molecule has 1 aliphatic heterocycles. The van der Waals surface area contributed by atoms with Crippen LogP contribution in [-0.2, 0) is 6.42 Å². The summed E-state index contributed by atoms with van der Waals surface area (Å²) in [6.07, 6.45) is 4.03. The Kier molecular flexibility index (Phi) is 1.97. The van der Waals surface area contributed by atoms with Gasteiger partial charge < -0.3 is 0 Å². The van der Waals surface area contributed by atoms with Crippen LogP contribution in [0.4, 0.5) is 0 Å². The van der Waals surface area contributed by atoms with Gasteiger partial charge in [-0.1, -0.05) is 18.2 Å². The van der Waals surface area contributed by atoms with E-state index in [1.54, 1.807) is 0 Å². The number of hydrogen-bond acceptors (Lipinski definition) is 2. The van der Waals surface area contributed by atoms with Crippen LogP contribution in [0.15, 0.2) is 29.1 Å². The summed E-state index contributed by atoms with van der Waals surface area (Å²) in [6, 6.07) is 10.4. The van der Waals surface area contributed by atoms with Crippen molar-refractivity contribution in [2.75, 3.05) is 0 Å². The van der Waals surface area contributed by atoms with Crippen molar-refractivity contribution in [1.29, 1.82) is 5.26 Å². The van der Waals surface area contributed by atoms with E-state index >= 15 is 0 Å². The molecule has 2 bridgehead atoms. The molecule has 1 fully saturated rings. The lowest BCUT2D eigenvalue weighted by Gasteiger charge is -2.19. The molecule has 2 aliphatic carbocycles. The van der Waals surface area contributed by atoms with Crippen molar-refractivity contribution < 1.29 is 0 Å². The third kappa shape index (κ3) is 1.22. The average Bonchev–Trinajstić information content (AvgIpc) is 3.20. The molecule has 0 saturated heterocycles. The molecule has 21 heavy (non-hydrogen) atoms. The fourth-order valence-electron chi connectivity index (χ4n) is 4.69. The Labute approximate surface area is 122 Å². The second-order valence-electron chi connectivity index (χ2n) is 6.41. The van der Waals surface area contributed by atoms with Gasteiger partial charge in [-0.3, -0.25) is 9.36 Å². The van der Waals surface area contributed by atoms with E-state index in [1.165, 1.54) is 0 Å². The Hall–Kier alpha value is -2.34. The molecule has 3 heteroatoms. The van der Waals surface area contributed by atoms with Crippen LogP contribution in [0, 0.1) is 11.3 Å². The number of benzene rings is 1. The SMILES string of the molecule is N#Cc1c2c(c(=O)n3c1Cc1ccccc1-3)C1CCC2C1. The first kappa shape index (κ1) is 11.3. The molecule has 0 spiro atoms. The number of rotatable bonds is 0. The van der Waals surface area contributed by atoms with E-state index in [0.717, 1.165) is 52.9 Å². The van der Waals surface area contributed by atoms with Crippen LogP contribution < -0.4 is 5.56 Å². The van der Waals surface area contributed by atoms with Crippen molar-refractivity contribution in [2.45, 2.75) is 37.5 Å². The van der Waals surface area contributed by atoms with Gasteiger partial charge in [0.1, 0.15) is 6.07 Å². The molecule has 2 aromatic rings. The van der Waals surface area contributed by atoms with E-state index in [9.17, 15) is 10.1 Å². The van der Waals surface area contributed by atoms with Crippen molar-refractivity contribution in [3.05, 3.63) is 62.6 Å². The van der Waals surface area contributed by atoms with Gasteiger partial charge in [-0.05, 0) is 48.3 Å². The predicted molar refractivity (Wildman–Crippen MR) is 78.9 cm³/mol. The Morgan fingerprint density at radius 1 is 1.14 bits per heavy atom. The normalized spacial score (nSPS) is 23.6. The van der Waals surface area contributed by atoms with Crippen LogP contribution in [0.3, 0.4) is 0 Å². The number of para-hydroxylation sites is 1. The van der Waals surface area contributed by atoms with E-state index in [4.69, 9.17) is 0 Å². The predicted octanol–water partition coefficient (Wildman–Crippen LogP) is 2.98. The zero-order chi connectivity index (χ0) is 14.1. The van der Waals surface area contributed by atoms with Crippen molar-refractivity contribution >= 4 is 0 Å². The van der Waals surface area contributed by atoms with E-state index in [-0.39, 0.29) is 5.56 Å². The minimum atomic E-state index is 0.135. The molecule has 3 aliphatic rings. The third-order valence-electron chi connectivity index (χ3n) is 5.50. The Morgan fingerprint density at radius 3 is 2.71 bits per heavy atom. The first-order valence-corrected chi connectivity index (χ1v) is 7.59. The Balaban J connectivity index is 1.93. The second kappa shape index (κ2) is 3.65. The smallest absolute Gasteiger partial charge is 0.259 e. The molecular formula is C18H14N2O. The van der Waals surface area contributed by atoms with Crippen molar-refractivity contribution in [1.82, 2.24) is 4.57 Å². The van der Waals surface area contributed by atoms with E-state index in [1.807, 2.05) is 22.8 Å². The lowest BCUT2D eigenvalue weighted by Crippen LogP contribution is -2.27. The summed E-state index contributed by atoms with van der Waals surface area (Å²) in [5, 5.41) is 9.70.